The molecule has 7 nitrogen and oxygen atoms in total. The number of aliphatic carboxylic acids is 1. The van der Waals surface area contributed by atoms with E-state index >= 15 is 0 Å². The lowest BCUT2D eigenvalue weighted by Gasteiger charge is -2.24. The van der Waals surface area contributed by atoms with Crippen LogP contribution in [0.3, 0.4) is 0 Å². The van der Waals surface area contributed by atoms with Crippen molar-refractivity contribution < 1.29 is 19.7 Å². The van der Waals surface area contributed by atoms with Crippen LogP contribution in [0.1, 0.15) is 72.6 Å². The number of ether oxygens (including phenoxy) is 1. The fourth-order valence-corrected chi connectivity index (χ4v) is 3.15. The Hall–Kier alpha value is -2.02. The van der Waals surface area contributed by atoms with Crippen LogP contribution >= 0.6 is 0 Å². The Morgan fingerprint density at radius 3 is 2.21 bits per heavy atom. The van der Waals surface area contributed by atoms with Gasteiger partial charge >= 0.3 is 11.7 Å². The molecule has 1 aromatic heterocycles. The molecule has 0 fully saturated rings. The van der Waals surface area contributed by atoms with Crippen LogP contribution in [0.4, 0.5) is 0 Å². The van der Waals surface area contributed by atoms with E-state index in [0.29, 0.717) is 26.2 Å². The van der Waals surface area contributed by atoms with E-state index in [4.69, 9.17) is 9.84 Å². The van der Waals surface area contributed by atoms with Crippen molar-refractivity contribution in [3.63, 3.8) is 0 Å². The standard InChI is InChI=1S/C22H38N2O5/c1-6-23-17-18(25)24(20(23)28)14-13-21(2,3)11-7-9-15-29-16-10-8-12-22(4,5)19(26)27/h6,17,25H,1,7-16H2,2-5H3,(H,26,27). The number of rotatable bonds is 15. The van der Waals surface area contributed by atoms with Crippen LogP contribution in [-0.2, 0) is 16.1 Å². The number of carboxylic acids is 1. The molecule has 0 aliphatic carbocycles. The van der Waals surface area contributed by atoms with Gasteiger partial charge in [-0.05, 0) is 51.4 Å². The lowest BCUT2D eigenvalue weighted by molar-refractivity contribution is -0.147. The summed E-state index contributed by atoms with van der Waals surface area (Å²) in [7, 11) is 0. The summed E-state index contributed by atoms with van der Waals surface area (Å²) in [4.78, 5) is 23.1. The van der Waals surface area contributed by atoms with E-state index in [0.717, 1.165) is 38.5 Å². The van der Waals surface area contributed by atoms with Crippen molar-refractivity contribution >= 4 is 12.2 Å². The molecule has 0 aromatic carbocycles. The quantitative estimate of drug-likeness (QED) is 0.420. The fourth-order valence-electron chi connectivity index (χ4n) is 3.15. The second kappa shape index (κ2) is 11.2. The summed E-state index contributed by atoms with van der Waals surface area (Å²) in [5, 5.41) is 19.0. The van der Waals surface area contributed by atoms with Gasteiger partial charge in [-0.1, -0.05) is 33.3 Å². The predicted molar refractivity (Wildman–Crippen MR) is 115 cm³/mol. The number of carbonyl (C=O) groups is 1. The summed E-state index contributed by atoms with van der Waals surface area (Å²) >= 11 is 0. The van der Waals surface area contributed by atoms with Crippen molar-refractivity contribution in [3.8, 4) is 5.88 Å². The fraction of sp³-hybridized carbons (Fsp3) is 0.727. The summed E-state index contributed by atoms with van der Waals surface area (Å²) in [5.74, 6) is -0.787. The van der Waals surface area contributed by atoms with Gasteiger partial charge in [-0.15, -0.1) is 0 Å². The number of hydrogen-bond donors (Lipinski definition) is 2. The average Bonchev–Trinajstić information content (AvgIpc) is 2.91. The van der Waals surface area contributed by atoms with Gasteiger partial charge in [0.05, 0.1) is 11.6 Å². The predicted octanol–water partition coefficient (Wildman–Crippen LogP) is 4.34. The number of aromatic nitrogens is 2. The molecular weight excluding hydrogens is 372 g/mol. The highest BCUT2D eigenvalue weighted by atomic mass is 16.5. The van der Waals surface area contributed by atoms with E-state index < -0.39 is 11.4 Å². The SMILES string of the molecule is C=Cn1cc(O)n(CCC(C)(C)CCCCOCCCCC(C)(C)C(=O)O)c1=O. The van der Waals surface area contributed by atoms with Gasteiger partial charge in [-0.3, -0.25) is 13.9 Å². The first-order valence-electron chi connectivity index (χ1n) is 10.4. The zero-order valence-electron chi connectivity index (χ0n) is 18.4. The van der Waals surface area contributed by atoms with Crippen LogP contribution in [-0.4, -0.2) is 38.5 Å². The van der Waals surface area contributed by atoms with Gasteiger partial charge in [0, 0.05) is 26.0 Å². The maximum atomic E-state index is 12.1. The largest absolute Gasteiger partial charge is 0.493 e. The van der Waals surface area contributed by atoms with Crippen molar-refractivity contribution in [2.75, 3.05) is 13.2 Å². The Bertz CT molecular complexity index is 715. The normalized spacial score (nSPS) is 12.3. The highest BCUT2D eigenvalue weighted by Gasteiger charge is 2.26. The van der Waals surface area contributed by atoms with Gasteiger partial charge in [0.25, 0.3) is 0 Å². The van der Waals surface area contributed by atoms with E-state index in [-0.39, 0.29) is 17.0 Å². The summed E-state index contributed by atoms with van der Waals surface area (Å²) < 4.78 is 8.31. The number of unbranched alkanes of at least 4 members (excludes halogenated alkanes) is 2. The maximum absolute atomic E-state index is 12.1. The molecule has 7 heteroatoms. The minimum Gasteiger partial charge on any atom is -0.493 e. The molecule has 1 aromatic rings. The maximum Gasteiger partial charge on any atom is 0.335 e. The Balaban J connectivity index is 2.18. The molecule has 0 amide bonds. The van der Waals surface area contributed by atoms with E-state index in [9.17, 15) is 14.7 Å². The van der Waals surface area contributed by atoms with Gasteiger partial charge < -0.3 is 14.9 Å². The molecule has 0 aliphatic heterocycles. The molecule has 1 rings (SSSR count). The van der Waals surface area contributed by atoms with Crippen molar-refractivity contribution in [2.45, 2.75) is 79.2 Å². The summed E-state index contributed by atoms with van der Waals surface area (Å²) in [6, 6.07) is 0. The Labute approximate surface area is 174 Å². The van der Waals surface area contributed by atoms with Crippen LogP contribution in [0.5, 0.6) is 5.88 Å². The molecule has 0 aliphatic rings. The van der Waals surface area contributed by atoms with Crippen molar-refractivity contribution in [1.29, 1.82) is 0 Å². The lowest BCUT2D eigenvalue weighted by Crippen LogP contribution is -2.24. The Kier molecular flexibility index (Phi) is 9.70. The molecule has 0 saturated heterocycles. The van der Waals surface area contributed by atoms with Crippen molar-refractivity contribution in [3.05, 3.63) is 23.3 Å². The van der Waals surface area contributed by atoms with Gasteiger partial charge in [0.2, 0.25) is 5.88 Å². The summed E-state index contributed by atoms with van der Waals surface area (Å²) in [6.45, 7) is 13.3. The second-order valence-electron chi connectivity index (χ2n) is 9.14. The molecule has 0 atom stereocenters. The van der Waals surface area contributed by atoms with Gasteiger partial charge in [-0.2, -0.15) is 0 Å². The molecular formula is C22H38N2O5. The molecule has 0 radical (unpaired) electrons. The molecule has 2 N–H and O–H groups in total. The third kappa shape index (κ3) is 8.48. The number of hydrogen-bond acceptors (Lipinski definition) is 4. The van der Waals surface area contributed by atoms with Gasteiger partial charge in [0.15, 0.2) is 0 Å². The zero-order valence-corrected chi connectivity index (χ0v) is 18.4. The molecule has 166 valence electrons. The smallest absolute Gasteiger partial charge is 0.335 e. The van der Waals surface area contributed by atoms with E-state index in [2.05, 4.69) is 20.4 Å². The highest BCUT2D eigenvalue weighted by Crippen LogP contribution is 2.28. The zero-order chi connectivity index (χ0) is 22.1. The monoisotopic (exact) mass is 410 g/mol. The van der Waals surface area contributed by atoms with Crippen LogP contribution in [0, 0.1) is 10.8 Å². The first kappa shape index (κ1) is 25.0. The molecule has 0 spiro atoms. The highest BCUT2D eigenvalue weighted by molar-refractivity contribution is 5.73. The number of aromatic hydroxyl groups is 1. The molecule has 29 heavy (non-hydrogen) atoms. The Morgan fingerprint density at radius 1 is 1.10 bits per heavy atom. The lowest BCUT2D eigenvalue weighted by atomic mass is 9.84. The van der Waals surface area contributed by atoms with Crippen LogP contribution in [0.2, 0.25) is 0 Å². The van der Waals surface area contributed by atoms with E-state index in [1.165, 1.54) is 21.5 Å². The molecule has 0 bridgehead atoms. The first-order chi connectivity index (χ1) is 13.5. The van der Waals surface area contributed by atoms with Crippen molar-refractivity contribution in [1.82, 2.24) is 9.13 Å². The van der Waals surface area contributed by atoms with Gasteiger partial charge in [0.1, 0.15) is 0 Å². The second-order valence-corrected chi connectivity index (χ2v) is 9.14. The van der Waals surface area contributed by atoms with E-state index in [1.807, 2.05) is 0 Å². The van der Waals surface area contributed by atoms with Gasteiger partial charge in [-0.25, -0.2) is 4.79 Å². The topological polar surface area (TPSA) is 93.7 Å². The Morgan fingerprint density at radius 2 is 1.69 bits per heavy atom. The first-order valence-corrected chi connectivity index (χ1v) is 10.4. The minimum absolute atomic E-state index is 0.0363. The number of nitrogens with zero attached hydrogens (tertiary/aromatic N) is 2. The summed E-state index contributed by atoms with van der Waals surface area (Å²) in [5.41, 5.74) is -0.875. The number of imidazole rings is 1. The number of carboxylic acid groups (broad SMARTS) is 1. The van der Waals surface area contributed by atoms with Crippen LogP contribution in [0.25, 0.3) is 6.20 Å². The van der Waals surface area contributed by atoms with Crippen LogP contribution < -0.4 is 5.69 Å². The minimum atomic E-state index is -0.751. The average molecular weight is 411 g/mol. The summed E-state index contributed by atoms with van der Waals surface area (Å²) in [6.07, 6.45) is 8.98. The molecule has 0 saturated carbocycles. The van der Waals surface area contributed by atoms with Crippen LogP contribution in [0.15, 0.2) is 17.6 Å². The van der Waals surface area contributed by atoms with Crippen molar-refractivity contribution in [2.24, 2.45) is 10.8 Å². The molecule has 0 unspecified atom stereocenters. The van der Waals surface area contributed by atoms with E-state index in [1.54, 1.807) is 13.8 Å². The third-order valence-corrected chi connectivity index (χ3v) is 5.50. The molecule has 1 heterocycles. The third-order valence-electron chi connectivity index (χ3n) is 5.50.